The van der Waals surface area contributed by atoms with Gasteiger partial charge in [0.2, 0.25) is 0 Å². The SMILES string of the molecule is CCCn1cc(CNc2cc(C3CC3)nn2C)cn1. The van der Waals surface area contributed by atoms with Crippen LogP contribution in [0.1, 0.15) is 43.4 Å². The van der Waals surface area contributed by atoms with E-state index in [-0.39, 0.29) is 0 Å². The van der Waals surface area contributed by atoms with Gasteiger partial charge in [-0.2, -0.15) is 10.2 Å². The highest BCUT2D eigenvalue weighted by Crippen LogP contribution is 2.39. The molecule has 1 fully saturated rings. The maximum absolute atomic E-state index is 4.55. The van der Waals surface area contributed by atoms with Crippen molar-refractivity contribution < 1.29 is 0 Å². The van der Waals surface area contributed by atoms with Crippen LogP contribution in [0, 0.1) is 0 Å². The Labute approximate surface area is 113 Å². The third-order valence-corrected chi connectivity index (χ3v) is 3.51. The maximum atomic E-state index is 4.55. The molecule has 1 aliphatic rings. The fourth-order valence-corrected chi connectivity index (χ4v) is 2.28. The Morgan fingerprint density at radius 2 is 2.26 bits per heavy atom. The zero-order valence-electron chi connectivity index (χ0n) is 11.6. The first-order valence-corrected chi connectivity index (χ1v) is 7.05. The Bertz CT molecular complexity index is 550. The van der Waals surface area contributed by atoms with Gasteiger partial charge in [-0.3, -0.25) is 9.36 Å². The van der Waals surface area contributed by atoms with E-state index < -0.39 is 0 Å². The lowest BCUT2D eigenvalue weighted by Crippen LogP contribution is -2.04. The van der Waals surface area contributed by atoms with Gasteiger partial charge in [0, 0.05) is 43.9 Å². The molecule has 0 aliphatic heterocycles. The average Bonchev–Trinajstić information content (AvgIpc) is 3.05. The third-order valence-electron chi connectivity index (χ3n) is 3.51. The first-order valence-electron chi connectivity index (χ1n) is 7.05. The number of aromatic nitrogens is 4. The van der Waals surface area contributed by atoms with Crippen LogP contribution in [0.2, 0.25) is 0 Å². The summed E-state index contributed by atoms with van der Waals surface area (Å²) < 4.78 is 3.93. The number of anilines is 1. The molecule has 0 atom stereocenters. The number of aryl methyl sites for hydroxylation is 2. The first kappa shape index (κ1) is 12.3. The Kier molecular flexibility index (Phi) is 3.27. The van der Waals surface area contributed by atoms with Crippen molar-refractivity contribution in [2.75, 3.05) is 5.32 Å². The van der Waals surface area contributed by atoms with Crippen LogP contribution in [0.4, 0.5) is 5.82 Å². The second-order valence-electron chi connectivity index (χ2n) is 5.32. The zero-order valence-corrected chi connectivity index (χ0v) is 11.6. The quantitative estimate of drug-likeness (QED) is 0.867. The first-order chi connectivity index (χ1) is 9.26. The van der Waals surface area contributed by atoms with Gasteiger partial charge >= 0.3 is 0 Å². The van der Waals surface area contributed by atoms with E-state index in [1.54, 1.807) is 0 Å². The molecule has 3 rings (SSSR count). The molecule has 0 aromatic carbocycles. The van der Waals surface area contributed by atoms with Gasteiger partial charge < -0.3 is 5.32 Å². The standard InChI is InChI=1S/C14H21N5/c1-3-6-19-10-11(9-16-19)8-15-14-7-13(12-4-5-12)17-18(14)2/h7,9-10,12,15H,3-6,8H2,1-2H3. The van der Waals surface area contributed by atoms with Gasteiger partial charge in [-0.05, 0) is 19.3 Å². The van der Waals surface area contributed by atoms with Crippen LogP contribution in [-0.4, -0.2) is 19.6 Å². The molecule has 102 valence electrons. The summed E-state index contributed by atoms with van der Waals surface area (Å²) in [5.41, 5.74) is 2.44. The fourth-order valence-electron chi connectivity index (χ4n) is 2.28. The lowest BCUT2D eigenvalue weighted by atomic mass is 10.3. The summed E-state index contributed by atoms with van der Waals surface area (Å²) in [5, 5.41) is 12.3. The van der Waals surface area contributed by atoms with Gasteiger partial charge in [0.25, 0.3) is 0 Å². The summed E-state index contributed by atoms with van der Waals surface area (Å²) in [4.78, 5) is 0. The molecule has 5 nitrogen and oxygen atoms in total. The van der Waals surface area contributed by atoms with E-state index in [2.05, 4.69) is 34.7 Å². The molecule has 0 amide bonds. The number of nitrogens with zero attached hydrogens (tertiary/aromatic N) is 4. The van der Waals surface area contributed by atoms with Crippen molar-refractivity contribution in [2.24, 2.45) is 7.05 Å². The molecule has 19 heavy (non-hydrogen) atoms. The molecule has 0 spiro atoms. The van der Waals surface area contributed by atoms with Crippen molar-refractivity contribution in [3.05, 3.63) is 29.7 Å². The molecular weight excluding hydrogens is 238 g/mol. The lowest BCUT2D eigenvalue weighted by molar-refractivity contribution is 0.602. The molecule has 2 aromatic rings. The van der Waals surface area contributed by atoms with E-state index in [1.165, 1.54) is 24.1 Å². The average molecular weight is 259 g/mol. The number of hydrogen-bond acceptors (Lipinski definition) is 3. The van der Waals surface area contributed by atoms with E-state index in [4.69, 9.17) is 0 Å². The third kappa shape index (κ3) is 2.80. The van der Waals surface area contributed by atoms with E-state index in [0.29, 0.717) is 5.92 Å². The monoisotopic (exact) mass is 259 g/mol. The van der Waals surface area contributed by atoms with Crippen LogP contribution in [0.5, 0.6) is 0 Å². The van der Waals surface area contributed by atoms with Crippen molar-refractivity contribution in [3.8, 4) is 0 Å². The highest BCUT2D eigenvalue weighted by molar-refractivity contribution is 5.39. The number of hydrogen-bond donors (Lipinski definition) is 1. The minimum absolute atomic E-state index is 0.703. The van der Waals surface area contributed by atoms with E-state index in [0.717, 1.165) is 25.3 Å². The van der Waals surface area contributed by atoms with Gasteiger partial charge in [-0.15, -0.1) is 0 Å². The molecule has 0 radical (unpaired) electrons. The van der Waals surface area contributed by atoms with Gasteiger partial charge in [0.15, 0.2) is 0 Å². The number of nitrogens with one attached hydrogen (secondary N) is 1. The molecule has 5 heteroatoms. The van der Waals surface area contributed by atoms with Crippen molar-refractivity contribution >= 4 is 5.82 Å². The predicted molar refractivity (Wildman–Crippen MR) is 75.0 cm³/mol. The molecule has 1 N–H and O–H groups in total. The van der Waals surface area contributed by atoms with Crippen LogP contribution >= 0.6 is 0 Å². The molecular formula is C14H21N5. The molecule has 1 aliphatic carbocycles. The molecule has 0 saturated heterocycles. The maximum Gasteiger partial charge on any atom is 0.124 e. The highest BCUT2D eigenvalue weighted by Gasteiger charge is 2.26. The fraction of sp³-hybridized carbons (Fsp3) is 0.571. The summed E-state index contributed by atoms with van der Waals surface area (Å²) in [6.45, 7) is 3.94. The second-order valence-corrected chi connectivity index (χ2v) is 5.32. The van der Waals surface area contributed by atoms with Crippen molar-refractivity contribution in [3.63, 3.8) is 0 Å². The van der Waals surface area contributed by atoms with Crippen LogP contribution in [0.25, 0.3) is 0 Å². The summed E-state index contributed by atoms with van der Waals surface area (Å²) in [6, 6.07) is 2.17. The van der Waals surface area contributed by atoms with Crippen molar-refractivity contribution in [1.82, 2.24) is 19.6 Å². The zero-order chi connectivity index (χ0) is 13.2. The van der Waals surface area contributed by atoms with E-state index >= 15 is 0 Å². The minimum Gasteiger partial charge on any atom is -0.366 e. The van der Waals surface area contributed by atoms with E-state index in [1.807, 2.05) is 22.6 Å². The summed E-state index contributed by atoms with van der Waals surface area (Å²) in [7, 11) is 1.99. The normalized spacial score (nSPS) is 14.8. The van der Waals surface area contributed by atoms with Gasteiger partial charge in [-0.1, -0.05) is 6.92 Å². The van der Waals surface area contributed by atoms with Gasteiger partial charge in [-0.25, -0.2) is 0 Å². The summed E-state index contributed by atoms with van der Waals surface area (Å²) in [6.07, 6.45) is 7.73. The Balaban J connectivity index is 1.61. The van der Waals surface area contributed by atoms with Crippen molar-refractivity contribution in [1.29, 1.82) is 0 Å². The Hall–Kier alpha value is -1.78. The number of rotatable bonds is 6. The summed E-state index contributed by atoms with van der Waals surface area (Å²) in [5.74, 6) is 1.79. The smallest absolute Gasteiger partial charge is 0.124 e. The molecule has 0 unspecified atom stereocenters. The molecule has 2 heterocycles. The lowest BCUT2D eigenvalue weighted by Gasteiger charge is -2.03. The molecule has 0 bridgehead atoms. The topological polar surface area (TPSA) is 47.7 Å². The Morgan fingerprint density at radius 1 is 1.42 bits per heavy atom. The van der Waals surface area contributed by atoms with Gasteiger partial charge in [0.05, 0.1) is 11.9 Å². The molecule has 1 saturated carbocycles. The van der Waals surface area contributed by atoms with Crippen LogP contribution in [0.15, 0.2) is 18.5 Å². The minimum atomic E-state index is 0.703. The van der Waals surface area contributed by atoms with Crippen molar-refractivity contribution in [2.45, 2.75) is 45.2 Å². The van der Waals surface area contributed by atoms with E-state index in [9.17, 15) is 0 Å². The predicted octanol–water partition coefficient (Wildman–Crippen LogP) is 2.52. The summed E-state index contributed by atoms with van der Waals surface area (Å²) >= 11 is 0. The van der Waals surface area contributed by atoms with Gasteiger partial charge in [0.1, 0.15) is 5.82 Å². The van der Waals surface area contributed by atoms with Crippen LogP contribution in [0.3, 0.4) is 0 Å². The largest absolute Gasteiger partial charge is 0.366 e. The molecule has 2 aromatic heterocycles. The Morgan fingerprint density at radius 3 is 3.00 bits per heavy atom. The highest BCUT2D eigenvalue weighted by atomic mass is 15.3. The van der Waals surface area contributed by atoms with Crippen LogP contribution in [-0.2, 0) is 20.1 Å². The van der Waals surface area contributed by atoms with Crippen LogP contribution < -0.4 is 5.32 Å². The second kappa shape index (κ2) is 5.07.